The number of benzene rings is 2. The Morgan fingerprint density at radius 1 is 0.842 bits per heavy atom. The van der Waals surface area contributed by atoms with Crippen molar-refractivity contribution in [3.63, 3.8) is 0 Å². The van der Waals surface area contributed by atoms with Gasteiger partial charge in [0.15, 0.2) is 0 Å². The summed E-state index contributed by atoms with van der Waals surface area (Å²) in [7, 11) is 0. The molecule has 0 saturated carbocycles. The van der Waals surface area contributed by atoms with E-state index in [1.807, 2.05) is 13.8 Å². The number of hydrogen-bond donors (Lipinski definition) is 0. The maximum atomic E-state index is 2.32. The summed E-state index contributed by atoms with van der Waals surface area (Å²) in [5.41, 5.74) is 4.00. The lowest BCUT2D eigenvalue weighted by Gasteiger charge is -2.05. The SMILES string of the molecule is CC.Cc1cn(Cc2ccccc2)c2ccccc12. The summed E-state index contributed by atoms with van der Waals surface area (Å²) in [6.45, 7) is 7.11. The van der Waals surface area contributed by atoms with Crippen molar-refractivity contribution in [2.75, 3.05) is 0 Å². The van der Waals surface area contributed by atoms with Crippen LogP contribution in [0, 0.1) is 6.92 Å². The zero-order valence-corrected chi connectivity index (χ0v) is 11.9. The molecule has 98 valence electrons. The number of rotatable bonds is 2. The smallest absolute Gasteiger partial charge is 0.0486 e. The molecule has 0 aliphatic carbocycles. The lowest BCUT2D eigenvalue weighted by atomic mass is 10.2. The lowest BCUT2D eigenvalue weighted by molar-refractivity contribution is 0.834. The molecular weight excluding hydrogens is 230 g/mol. The van der Waals surface area contributed by atoms with E-state index in [0.29, 0.717) is 0 Å². The molecule has 0 fully saturated rings. The second kappa shape index (κ2) is 6.24. The van der Waals surface area contributed by atoms with E-state index in [1.54, 1.807) is 0 Å². The summed E-state index contributed by atoms with van der Waals surface area (Å²) in [6.07, 6.45) is 2.23. The molecule has 1 heteroatoms. The fourth-order valence-corrected chi connectivity index (χ4v) is 2.34. The van der Waals surface area contributed by atoms with Crippen LogP contribution in [0.4, 0.5) is 0 Å². The number of nitrogens with zero attached hydrogens (tertiary/aromatic N) is 1. The highest BCUT2D eigenvalue weighted by atomic mass is 15.0. The van der Waals surface area contributed by atoms with Crippen LogP contribution in [0.25, 0.3) is 10.9 Å². The van der Waals surface area contributed by atoms with E-state index < -0.39 is 0 Å². The van der Waals surface area contributed by atoms with Gasteiger partial charge in [-0.1, -0.05) is 62.4 Å². The molecule has 0 atom stereocenters. The van der Waals surface area contributed by atoms with Crippen molar-refractivity contribution in [2.45, 2.75) is 27.3 Å². The van der Waals surface area contributed by atoms with Crippen molar-refractivity contribution < 1.29 is 0 Å². The van der Waals surface area contributed by atoms with Crippen LogP contribution in [0.5, 0.6) is 0 Å². The van der Waals surface area contributed by atoms with E-state index in [4.69, 9.17) is 0 Å². The van der Waals surface area contributed by atoms with E-state index in [0.717, 1.165) is 6.54 Å². The molecular formula is C18H21N. The quantitative estimate of drug-likeness (QED) is 0.602. The number of aryl methyl sites for hydroxylation is 1. The third-order valence-electron chi connectivity index (χ3n) is 3.18. The molecule has 19 heavy (non-hydrogen) atoms. The van der Waals surface area contributed by atoms with Crippen LogP contribution in [0.15, 0.2) is 60.8 Å². The molecule has 0 aliphatic rings. The predicted molar refractivity (Wildman–Crippen MR) is 83.6 cm³/mol. The van der Waals surface area contributed by atoms with Crippen molar-refractivity contribution in [2.24, 2.45) is 0 Å². The average Bonchev–Trinajstić information content (AvgIpc) is 2.79. The van der Waals surface area contributed by atoms with Gasteiger partial charge in [-0.25, -0.2) is 0 Å². The molecule has 0 radical (unpaired) electrons. The van der Waals surface area contributed by atoms with Gasteiger partial charge in [-0.05, 0) is 24.1 Å². The second-order valence-corrected chi connectivity index (χ2v) is 4.44. The zero-order chi connectivity index (χ0) is 13.7. The Kier molecular flexibility index (Phi) is 4.40. The topological polar surface area (TPSA) is 4.93 Å². The fraction of sp³-hybridized carbons (Fsp3) is 0.222. The van der Waals surface area contributed by atoms with Crippen molar-refractivity contribution in [3.05, 3.63) is 71.9 Å². The molecule has 2 aromatic carbocycles. The molecule has 0 amide bonds. The Bertz CT molecular complexity index is 635. The van der Waals surface area contributed by atoms with Crippen LogP contribution in [0.3, 0.4) is 0 Å². The van der Waals surface area contributed by atoms with Gasteiger partial charge in [0, 0.05) is 23.6 Å². The fourth-order valence-electron chi connectivity index (χ4n) is 2.34. The Balaban J connectivity index is 0.000000637. The molecule has 1 aromatic heterocycles. The first kappa shape index (κ1) is 13.4. The second-order valence-electron chi connectivity index (χ2n) is 4.44. The first-order chi connectivity index (χ1) is 9.34. The standard InChI is InChI=1S/C16H15N.C2H6/c1-13-11-17(12-14-7-3-2-4-8-14)16-10-6-5-9-15(13)16;1-2/h2-11H,12H2,1H3;1-2H3. The van der Waals surface area contributed by atoms with Crippen molar-refractivity contribution in [1.29, 1.82) is 0 Å². The number of hydrogen-bond acceptors (Lipinski definition) is 0. The summed E-state index contributed by atoms with van der Waals surface area (Å²) < 4.78 is 2.32. The van der Waals surface area contributed by atoms with Gasteiger partial charge in [0.25, 0.3) is 0 Å². The Labute approximate surface area is 115 Å². The molecule has 1 heterocycles. The molecule has 3 rings (SSSR count). The Hall–Kier alpha value is -2.02. The largest absolute Gasteiger partial charge is 0.343 e. The highest BCUT2D eigenvalue weighted by Gasteiger charge is 2.04. The van der Waals surface area contributed by atoms with E-state index in [1.165, 1.54) is 22.0 Å². The third kappa shape index (κ3) is 2.87. The Morgan fingerprint density at radius 3 is 2.21 bits per heavy atom. The normalized spacial score (nSPS) is 10.1. The van der Waals surface area contributed by atoms with Crippen molar-refractivity contribution in [3.8, 4) is 0 Å². The first-order valence-corrected chi connectivity index (χ1v) is 6.93. The van der Waals surface area contributed by atoms with Crippen LogP contribution in [0.2, 0.25) is 0 Å². The number of aromatic nitrogens is 1. The maximum absolute atomic E-state index is 2.32. The van der Waals surface area contributed by atoms with Crippen LogP contribution in [-0.2, 0) is 6.54 Å². The summed E-state index contributed by atoms with van der Waals surface area (Å²) in [5, 5.41) is 1.35. The van der Waals surface area contributed by atoms with Gasteiger partial charge >= 0.3 is 0 Å². The van der Waals surface area contributed by atoms with E-state index >= 15 is 0 Å². The maximum Gasteiger partial charge on any atom is 0.0486 e. The molecule has 0 bridgehead atoms. The van der Waals surface area contributed by atoms with Crippen LogP contribution in [0.1, 0.15) is 25.0 Å². The molecule has 0 spiro atoms. The van der Waals surface area contributed by atoms with Gasteiger partial charge in [0.2, 0.25) is 0 Å². The molecule has 0 unspecified atom stereocenters. The molecule has 0 N–H and O–H groups in total. The van der Waals surface area contributed by atoms with E-state index in [-0.39, 0.29) is 0 Å². The highest BCUT2D eigenvalue weighted by molar-refractivity contribution is 5.83. The third-order valence-corrected chi connectivity index (χ3v) is 3.18. The van der Waals surface area contributed by atoms with Crippen molar-refractivity contribution in [1.82, 2.24) is 4.57 Å². The Morgan fingerprint density at radius 2 is 1.47 bits per heavy atom. The number of fused-ring (bicyclic) bond motifs is 1. The van der Waals surface area contributed by atoms with Gasteiger partial charge in [-0.15, -0.1) is 0 Å². The monoisotopic (exact) mass is 251 g/mol. The average molecular weight is 251 g/mol. The first-order valence-electron chi connectivity index (χ1n) is 6.93. The minimum atomic E-state index is 0.940. The summed E-state index contributed by atoms with van der Waals surface area (Å²) >= 11 is 0. The minimum absolute atomic E-state index is 0.940. The lowest BCUT2D eigenvalue weighted by Crippen LogP contribution is -1.97. The van der Waals surface area contributed by atoms with Gasteiger partial charge in [0.1, 0.15) is 0 Å². The van der Waals surface area contributed by atoms with Gasteiger partial charge in [0.05, 0.1) is 0 Å². The molecule has 3 aromatic rings. The zero-order valence-electron chi connectivity index (χ0n) is 11.9. The summed E-state index contributed by atoms with van der Waals surface area (Å²) in [4.78, 5) is 0. The molecule has 0 aliphatic heterocycles. The van der Waals surface area contributed by atoms with Crippen LogP contribution in [-0.4, -0.2) is 4.57 Å². The van der Waals surface area contributed by atoms with Gasteiger partial charge in [-0.2, -0.15) is 0 Å². The van der Waals surface area contributed by atoms with Crippen LogP contribution < -0.4 is 0 Å². The highest BCUT2D eigenvalue weighted by Crippen LogP contribution is 2.21. The predicted octanol–water partition coefficient (Wildman–Crippen LogP) is 5.02. The van der Waals surface area contributed by atoms with Gasteiger partial charge < -0.3 is 4.57 Å². The minimum Gasteiger partial charge on any atom is -0.343 e. The molecule has 1 nitrogen and oxygen atoms in total. The summed E-state index contributed by atoms with van der Waals surface area (Å²) in [6, 6.07) is 19.2. The van der Waals surface area contributed by atoms with Gasteiger partial charge in [-0.3, -0.25) is 0 Å². The van der Waals surface area contributed by atoms with E-state index in [2.05, 4.69) is 72.3 Å². The van der Waals surface area contributed by atoms with Crippen molar-refractivity contribution >= 4 is 10.9 Å². The molecule has 0 saturated heterocycles. The van der Waals surface area contributed by atoms with Crippen LogP contribution >= 0.6 is 0 Å². The number of para-hydroxylation sites is 1. The summed E-state index contributed by atoms with van der Waals surface area (Å²) in [5.74, 6) is 0. The van der Waals surface area contributed by atoms with E-state index in [9.17, 15) is 0 Å².